The summed E-state index contributed by atoms with van der Waals surface area (Å²) in [7, 11) is -2.65. The van der Waals surface area contributed by atoms with Gasteiger partial charge in [0, 0.05) is 31.9 Å². The molecule has 38 heavy (non-hydrogen) atoms. The Labute approximate surface area is 226 Å². The number of nitrogens with zero attached hydrogens (tertiary/aromatic N) is 3. The number of anilines is 2. The molecule has 7 nitrogen and oxygen atoms in total. The summed E-state index contributed by atoms with van der Waals surface area (Å²) in [5, 5.41) is 0. The van der Waals surface area contributed by atoms with E-state index in [1.54, 1.807) is 29.2 Å². The Hall–Kier alpha value is -3.52. The van der Waals surface area contributed by atoms with Crippen LogP contribution in [0.15, 0.2) is 59.5 Å². The van der Waals surface area contributed by atoms with Crippen LogP contribution in [0.2, 0.25) is 0 Å². The number of methoxy groups -OCH3 is 1. The first-order valence-corrected chi connectivity index (χ1v) is 14.3. The van der Waals surface area contributed by atoms with Gasteiger partial charge in [0.1, 0.15) is 17.2 Å². The largest absolute Gasteiger partial charge is 0.495 e. The SMILES string of the molecule is COc1ccc(C)cc1S(=O)(=O)N(CC(=O)N1CCN(c2cccc(C)c2C)CC1)c1ccc(C)c(C)c1. The van der Waals surface area contributed by atoms with Crippen LogP contribution in [0.5, 0.6) is 5.75 Å². The van der Waals surface area contributed by atoms with Crippen molar-refractivity contribution in [2.75, 3.05) is 49.0 Å². The fraction of sp³-hybridized carbons (Fsp3) is 0.367. The van der Waals surface area contributed by atoms with Gasteiger partial charge >= 0.3 is 0 Å². The number of benzene rings is 3. The normalized spacial score (nSPS) is 13.9. The highest BCUT2D eigenvalue weighted by atomic mass is 32.2. The van der Waals surface area contributed by atoms with Gasteiger partial charge in [-0.1, -0.05) is 24.3 Å². The van der Waals surface area contributed by atoms with Crippen LogP contribution in [0.25, 0.3) is 0 Å². The zero-order chi connectivity index (χ0) is 27.6. The van der Waals surface area contributed by atoms with E-state index >= 15 is 0 Å². The van der Waals surface area contributed by atoms with Crippen LogP contribution in [-0.4, -0.2) is 59.1 Å². The third kappa shape index (κ3) is 5.50. The molecule has 1 fully saturated rings. The van der Waals surface area contributed by atoms with Crippen LogP contribution in [0.3, 0.4) is 0 Å². The molecular formula is C30H37N3O4S. The van der Waals surface area contributed by atoms with Crippen molar-refractivity contribution in [2.24, 2.45) is 0 Å². The lowest BCUT2D eigenvalue weighted by molar-refractivity contribution is -0.129. The van der Waals surface area contributed by atoms with Crippen LogP contribution < -0.4 is 13.9 Å². The summed E-state index contributed by atoms with van der Waals surface area (Å²) in [4.78, 5) is 17.7. The summed E-state index contributed by atoms with van der Waals surface area (Å²) >= 11 is 0. The molecule has 0 saturated carbocycles. The minimum Gasteiger partial charge on any atom is -0.495 e. The van der Waals surface area contributed by atoms with Gasteiger partial charge in [-0.25, -0.2) is 8.42 Å². The minimum absolute atomic E-state index is 0.0470. The predicted octanol–water partition coefficient (Wildman–Crippen LogP) is 4.78. The molecule has 3 aromatic carbocycles. The summed E-state index contributed by atoms with van der Waals surface area (Å²) in [5.41, 5.74) is 6.91. The van der Waals surface area contributed by atoms with Gasteiger partial charge in [-0.05, 0) is 92.8 Å². The number of rotatable bonds is 7. The predicted molar refractivity (Wildman–Crippen MR) is 153 cm³/mol. The molecule has 202 valence electrons. The molecule has 3 aromatic rings. The standard InChI is InChI=1S/C30H37N3O4S/c1-21-10-13-28(37-6)29(18-21)38(35,36)33(26-12-11-22(2)24(4)19-26)20-30(34)32-16-14-31(15-17-32)27-9-7-8-23(3)25(27)5/h7-13,18-19H,14-17,20H2,1-6H3. The highest BCUT2D eigenvalue weighted by Crippen LogP contribution is 2.32. The number of ether oxygens (including phenoxy) is 1. The molecule has 0 aliphatic carbocycles. The second-order valence-electron chi connectivity index (χ2n) is 10.0. The molecule has 1 aliphatic rings. The van der Waals surface area contributed by atoms with Crippen molar-refractivity contribution in [1.29, 1.82) is 0 Å². The first kappa shape index (κ1) is 27.5. The van der Waals surface area contributed by atoms with Crippen molar-refractivity contribution in [3.05, 3.63) is 82.4 Å². The van der Waals surface area contributed by atoms with Crippen molar-refractivity contribution in [2.45, 2.75) is 39.5 Å². The van der Waals surface area contributed by atoms with Crippen molar-refractivity contribution < 1.29 is 17.9 Å². The van der Waals surface area contributed by atoms with Gasteiger partial charge in [0.2, 0.25) is 5.91 Å². The molecule has 0 unspecified atom stereocenters. The molecule has 1 amide bonds. The van der Waals surface area contributed by atoms with Crippen molar-refractivity contribution in [3.63, 3.8) is 0 Å². The van der Waals surface area contributed by atoms with Crippen molar-refractivity contribution in [3.8, 4) is 5.75 Å². The lowest BCUT2D eigenvalue weighted by Crippen LogP contribution is -2.52. The van der Waals surface area contributed by atoms with Gasteiger partial charge in [-0.2, -0.15) is 0 Å². The number of hydrogen-bond acceptors (Lipinski definition) is 5. The summed E-state index contributed by atoms with van der Waals surface area (Å²) < 4.78 is 34.7. The number of piperazine rings is 1. The molecule has 0 aromatic heterocycles. The van der Waals surface area contributed by atoms with E-state index in [0.717, 1.165) is 16.7 Å². The Morgan fingerprint density at radius 3 is 2.24 bits per heavy atom. The third-order valence-electron chi connectivity index (χ3n) is 7.49. The van der Waals surface area contributed by atoms with Crippen molar-refractivity contribution >= 4 is 27.3 Å². The molecule has 0 atom stereocenters. The average Bonchev–Trinajstić information content (AvgIpc) is 2.90. The highest BCUT2D eigenvalue weighted by Gasteiger charge is 2.32. The minimum atomic E-state index is -4.10. The molecule has 0 radical (unpaired) electrons. The van der Waals surface area contributed by atoms with Gasteiger partial charge in [-0.3, -0.25) is 9.10 Å². The van der Waals surface area contributed by atoms with E-state index in [2.05, 4.69) is 36.9 Å². The van der Waals surface area contributed by atoms with Crippen LogP contribution in [-0.2, 0) is 14.8 Å². The lowest BCUT2D eigenvalue weighted by Gasteiger charge is -2.38. The van der Waals surface area contributed by atoms with Gasteiger partial charge in [0.05, 0.1) is 12.8 Å². The number of carbonyl (C=O) groups is 1. The Morgan fingerprint density at radius 1 is 0.868 bits per heavy atom. The first-order valence-electron chi connectivity index (χ1n) is 12.9. The molecule has 8 heteroatoms. The topological polar surface area (TPSA) is 70.2 Å². The Bertz CT molecular complexity index is 1440. The second-order valence-corrected chi connectivity index (χ2v) is 11.9. The van der Waals surface area contributed by atoms with Crippen LogP contribution in [0, 0.1) is 34.6 Å². The molecule has 0 spiro atoms. The summed E-state index contributed by atoms with van der Waals surface area (Å²) in [5.74, 6) is 0.0260. The number of carbonyl (C=O) groups excluding carboxylic acids is 1. The first-order chi connectivity index (χ1) is 18.0. The number of amides is 1. The summed E-state index contributed by atoms with van der Waals surface area (Å²) in [6.45, 7) is 12.1. The quantitative estimate of drug-likeness (QED) is 0.436. The molecule has 0 bridgehead atoms. The zero-order valence-corrected chi connectivity index (χ0v) is 23.9. The van der Waals surface area contributed by atoms with E-state index in [-0.39, 0.29) is 23.1 Å². The number of hydrogen-bond donors (Lipinski definition) is 0. The molecule has 0 N–H and O–H groups in total. The summed E-state index contributed by atoms with van der Waals surface area (Å²) in [6, 6.07) is 16.8. The second kappa shape index (κ2) is 11.1. The van der Waals surface area contributed by atoms with Crippen LogP contribution in [0.1, 0.15) is 27.8 Å². The lowest BCUT2D eigenvalue weighted by atomic mass is 10.1. The maximum Gasteiger partial charge on any atom is 0.268 e. The molecule has 1 heterocycles. The number of aryl methyl sites for hydroxylation is 4. The monoisotopic (exact) mass is 535 g/mol. The average molecular weight is 536 g/mol. The van der Waals surface area contributed by atoms with Crippen LogP contribution >= 0.6 is 0 Å². The van der Waals surface area contributed by atoms with Gasteiger partial charge in [0.15, 0.2) is 0 Å². The maximum atomic E-state index is 14.1. The molecule has 1 saturated heterocycles. The van der Waals surface area contributed by atoms with Crippen LogP contribution in [0.4, 0.5) is 11.4 Å². The van der Waals surface area contributed by atoms with E-state index in [1.165, 1.54) is 28.2 Å². The highest BCUT2D eigenvalue weighted by molar-refractivity contribution is 7.93. The van der Waals surface area contributed by atoms with E-state index in [9.17, 15) is 13.2 Å². The molecular weight excluding hydrogens is 498 g/mol. The third-order valence-corrected chi connectivity index (χ3v) is 9.29. The van der Waals surface area contributed by atoms with E-state index in [1.807, 2.05) is 32.9 Å². The van der Waals surface area contributed by atoms with Gasteiger partial charge < -0.3 is 14.5 Å². The Balaban J connectivity index is 1.61. The van der Waals surface area contributed by atoms with E-state index in [4.69, 9.17) is 4.74 Å². The summed E-state index contributed by atoms with van der Waals surface area (Å²) in [6.07, 6.45) is 0. The van der Waals surface area contributed by atoms with E-state index < -0.39 is 10.0 Å². The fourth-order valence-electron chi connectivity index (χ4n) is 4.80. The van der Waals surface area contributed by atoms with Gasteiger partial charge in [-0.15, -0.1) is 0 Å². The molecule has 4 rings (SSSR count). The Kier molecular flexibility index (Phi) is 8.02. The van der Waals surface area contributed by atoms with Gasteiger partial charge in [0.25, 0.3) is 10.0 Å². The maximum absolute atomic E-state index is 14.1. The fourth-order valence-corrected chi connectivity index (χ4v) is 6.45. The smallest absolute Gasteiger partial charge is 0.268 e. The van der Waals surface area contributed by atoms with Crippen molar-refractivity contribution in [1.82, 2.24) is 4.90 Å². The van der Waals surface area contributed by atoms with E-state index in [0.29, 0.717) is 31.9 Å². The number of sulfonamides is 1. The molecule has 1 aliphatic heterocycles. The Morgan fingerprint density at radius 2 is 1.58 bits per heavy atom. The zero-order valence-electron chi connectivity index (χ0n) is 23.1.